The third kappa shape index (κ3) is 4.17. The van der Waals surface area contributed by atoms with Crippen LogP contribution in [0, 0.1) is 12.7 Å². The lowest BCUT2D eigenvalue weighted by molar-refractivity contribution is -0.143. The van der Waals surface area contributed by atoms with Crippen LogP contribution in [-0.4, -0.2) is 63.5 Å². The van der Waals surface area contributed by atoms with Crippen molar-refractivity contribution in [3.63, 3.8) is 0 Å². The van der Waals surface area contributed by atoms with Gasteiger partial charge in [-0.3, -0.25) is 14.4 Å². The van der Waals surface area contributed by atoms with Crippen LogP contribution in [0.25, 0.3) is 0 Å². The van der Waals surface area contributed by atoms with Gasteiger partial charge in [0.2, 0.25) is 6.10 Å². The van der Waals surface area contributed by atoms with E-state index in [2.05, 4.69) is 15.2 Å². The molecular weight excluding hydrogens is 373 g/mol. The Hall–Kier alpha value is -2.74. The lowest BCUT2D eigenvalue weighted by Crippen LogP contribution is -2.51. The molecule has 8 heteroatoms. The van der Waals surface area contributed by atoms with Crippen molar-refractivity contribution in [3.8, 4) is 0 Å². The number of carbonyl (C=O) groups excluding carboxylic acids is 1. The van der Waals surface area contributed by atoms with Gasteiger partial charge >= 0.3 is 0 Å². The van der Waals surface area contributed by atoms with E-state index >= 15 is 0 Å². The maximum Gasteiger partial charge on any atom is 0.266 e. The Morgan fingerprint density at radius 3 is 2.69 bits per heavy atom. The third-order valence-corrected chi connectivity index (χ3v) is 5.56. The summed E-state index contributed by atoms with van der Waals surface area (Å²) in [5.74, 6) is -0.216. The van der Waals surface area contributed by atoms with Gasteiger partial charge in [0.25, 0.3) is 5.91 Å². The summed E-state index contributed by atoms with van der Waals surface area (Å²) in [4.78, 5) is 22.3. The Labute approximate surface area is 169 Å². The number of aromatic nitrogens is 2. The summed E-state index contributed by atoms with van der Waals surface area (Å²) in [5, 5.41) is 8.59. The summed E-state index contributed by atoms with van der Waals surface area (Å²) in [6.45, 7) is 7.95. The Morgan fingerprint density at radius 1 is 1.24 bits per heavy atom. The smallest absolute Gasteiger partial charge is 0.266 e. The number of oxime groups is 1. The van der Waals surface area contributed by atoms with Crippen molar-refractivity contribution >= 4 is 11.6 Å². The Morgan fingerprint density at radius 2 is 2.00 bits per heavy atom. The minimum absolute atomic E-state index is 0.0326. The van der Waals surface area contributed by atoms with E-state index in [1.807, 2.05) is 35.7 Å². The number of piperazine rings is 1. The molecule has 0 saturated carbocycles. The molecule has 1 aromatic heterocycles. The topological polar surface area (TPSA) is 63.0 Å². The largest absolute Gasteiger partial charge is 0.382 e. The monoisotopic (exact) mass is 399 g/mol. The molecule has 2 aromatic rings. The first-order valence-corrected chi connectivity index (χ1v) is 10.1. The zero-order chi connectivity index (χ0) is 20.4. The fourth-order valence-electron chi connectivity index (χ4n) is 3.83. The first kappa shape index (κ1) is 19.6. The van der Waals surface area contributed by atoms with Crippen LogP contribution in [-0.2, 0) is 22.7 Å². The molecule has 0 bridgehead atoms. The summed E-state index contributed by atoms with van der Waals surface area (Å²) in [7, 11) is 0. The van der Waals surface area contributed by atoms with Gasteiger partial charge in [-0.25, -0.2) is 4.39 Å². The fraction of sp³-hybridized carbons (Fsp3) is 0.476. The predicted molar refractivity (Wildman–Crippen MR) is 107 cm³/mol. The average molecular weight is 399 g/mol. The SMILES string of the molecule is CCn1cc(C2=NOC(C(=O)N3CCN(Cc4ccccc4F)CC3)C2)c(C)n1. The highest BCUT2D eigenvalue weighted by atomic mass is 19.1. The molecular formula is C21H26FN5O2. The van der Waals surface area contributed by atoms with E-state index in [1.165, 1.54) is 6.07 Å². The van der Waals surface area contributed by atoms with E-state index < -0.39 is 6.10 Å². The van der Waals surface area contributed by atoms with Crippen LogP contribution in [0.15, 0.2) is 35.6 Å². The van der Waals surface area contributed by atoms with Crippen molar-refractivity contribution in [2.75, 3.05) is 26.2 Å². The number of hydrogen-bond donors (Lipinski definition) is 0. The Balaban J connectivity index is 1.30. The number of amides is 1. The summed E-state index contributed by atoms with van der Waals surface area (Å²) in [6.07, 6.45) is 1.84. The second-order valence-corrected chi connectivity index (χ2v) is 7.51. The summed E-state index contributed by atoms with van der Waals surface area (Å²) in [5.41, 5.74) is 3.30. The van der Waals surface area contributed by atoms with Gasteiger partial charge in [-0.05, 0) is 19.9 Å². The van der Waals surface area contributed by atoms with Gasteiger partial charge < -0.3 is 9.74 Å². The van der Waals surface area contributed by atoms with Gasteiger partial charge in [0, 0.05) is 63.0 Å². The van der Waals surface area contributed by atoms with Crippen molar-refractivity contribution < 1.29 is 14.0 Å². The van der Waals surface area contributed by atoms with Crippen LogP contribution >= 0.6 is 0 Å². The quantitative estimate of drug-likeness (QED) is 0.773. The highest BCUT2D eigenvalue weighted by Gasteiger charge is 2.34. The van der Waals surface area contributed by atoms with Gasteiger partial charge in [0.05, 0.1) is 11.4 Å². The number of nitrogens with zero attached hydrogens (tertiary/aromatic N) is 5. The van der Waals surface area contributed by atoms with E-state index in [4.69, 9.17) is 4.84 Å². The lowest BCUT2D eigenvalue weighted by Gasteiger charge is -2.35. The molecule has 2 aliphatic heterocycles. The Kier molecular flexibility index (Phi) is 5.62. The van der Waals surface area contributed by atoms with Crippen molar-refractivity contribution in [1.29, 1.82) is 0 Å². The predicted octanol–water partition coefficient (Wildman–Crippen LogP) is 2.19. The fourth-order valence-corrected chi connectivity index (χ4v) is 3.83. The molecule has 0 N–H and O–H groups in total. The molecule has 0 aliphatic carbocycles. The minimum atomic E-state index is -0.576. The second-order valence-electron chi connectivity index (χ2n) is 7.51. The minimum Gasteiger partial charge on any atom is -0.382 e. The van der Waals surface area contributed by atoms with Crippen LogP contribution in [0.2, 0.25) is 0 Å². The number of hydrogen-bond acceptors (Lipinski definition) is 5. The number of carbonyl (C=O) groups is 1. The molecule has 3 heterocycles. The standard InChI is InChI=1S/C21H26FN5O2/c1-3-27-14-17(15(2)23-27)19-12-20(29-24-19)21(28)26-10-8-25(9-11-26)13-16-6-4-5-7-18(16)22/h4-7,14,20H,3,8-13H2,1-2H3. The molecule has 1 saturated heterocycles. The molecule has 29 heavy (non-hydrogen) atoms. The molecule has 0 radical (unpaired) electrons. The Bertz CT molecular complexity index is 918. The molecule has 1 amide bonds. The molecule has 154 valence electrons. The zero-order valence-electron chi connectivity index (χ0n) is 16.8. The maximum absolute atomic E-state index is 13.9. The van der Waals surface area contributed by atoms with E-state index in [1.54, 1.807) is 12.1 Å². The lowest BCUT2D eigenvalue weighted by atomic mass is 10.1. The van der Waals surface area contributed by atoms with Crippen molar-refractivity contribution in [2.24, 2.45) is 5.16 Å². The van der Waals surface area contributed by atoms with Crippen LogP contribution in [0.5, 0.6) is 0 Å². The highest BCUT2D eigenvalue weighted by Crippen LogP contribution is 2.21. The van der Waals surface area contributed by atoms with Gasteiger partial charge in [-0.1, -0.05) is 23.4 Å². The van der Waals surface area contributed by atoms with Crippen molar-refractivity contribution in [3.05, 3.63) is 53.1 Å². The van der Waals surface area contributed by atoms with Crippen LogP contribution in [0.3, 0.4) is 0 Å². The normalized spacial score (nSPS) is 19.9. The van der Waals surface area contributed by atoms with Crippen molar-refractivity contribution in [1.82, 2.24) is 19.6 Å². The number of benzene rings is 1. The zero-order valence-corrected chi connectivity index (χ0v) is 16.8. The average Bonchev–Trinajstić information content (AvgIpc) is 3.36. The van der Waals surface area contributed by atoms with Gasteiger partial charge in [-0.15, -0.1) is 0 Å². The number of aryl methyl sites for hydroxylation is 2. The molecule has 1 fully saturated rings. The second kappa shape index (κ2) is 8.32. The van der Waals surface area contributed by atoms with Crippen molar-refractivity contribution in [2.45, 2.75) is 39.5 Å². The van der Waals surface area contributed by atoms with Gasteiger partial charge in [0.15, 0.2) is 0 Å². The molecule has 0 spiro atoms. The van der Waals surface area contributed by atoms with Gasteiger partial charge in [0.1, 0.15) is 5.82 Å². The molecule has 4 rings (SSSR count). The third-order valence-electron chi connectivity index (χ3n) is 5.56. The molecule has 1 unspecified atom stereocenters. The van der Waals surface area contributed by atoms with E-state index in [0.29, 0.717) is 44.7 Å². The first-order chi connectivity index (χ1) is 14.0. The summed E-state index contributed by atoms with van der Waals surface area (Å²) < 4.78 is 15.7. The van der Waals surface area contributed by atoms with Crippen LogP contribution < -0.4 is 0 Å². The number of rotatable bonds is 5. The highest BCUT2D eigenvalue weighted by molar-refractivity contribution is 6.04. The van der Waals surface area contributed by atoms with Crippen LogP contribution in [0.1, 0.15) is 30.2 Å². The number of halogens is 1. The van der Waals surface area contributed by atoms with Gasteiger partial charge in [-0.2, -0.15) is 5.10 Å². The molecule has 7 nitrogen and oxygen atoms in total. The summed E-state index contributed by atoms with van der Waals surface area (Å²) >= 11 is 0. The molecule has 1 aromatic carbocycles. The van der Waals surface area contributed by atoms with E-state index in [0.717, 1.165) is 23.5 Å². The molecule has 1 atom stereocenters. The summed E-state index contributed by atoms with van der Waals surface area (Å²) in [6, 6.07) is 6.83. The van der Waals surface area contributed by atoms with E-state index in [9.17, 15) is 9.18 Å². The molecule has 2 aliphatic rings. The first-order valence-electron chi connectivity index (χ1n) is 10.1. The van der Waals surface area contributed by atoms with Crippen LogP contribution in [0.4, 0.5) is 4.39 Å². The van der Waals surface area contributed by atoms with E-state index in [-0.39, 0.29) is 11.7 Å². The maximum atomic E-state index is 13.9.